The Hall–Kier alpha value is -1.55. The molecule has 4 nitrogen and oxygen atoms in total. The number of aryl methyl sites for hydroxylation is 1. The van der Waals surface area contributed by atoms with Gasteiger partial charge in [-0.3, -0.25) is 10.2 Å². The minimum Gasteiger partial charge on any atom is -0.384 e. The third-order valence-electron chi connectivity index (χ3n) is 2.31. The molecule has 17 heavy (non-hydrogen) atoms. The van der Waals surface area contributed by atoms with Gasteiger partial charge < -0.3 is 5.32 Å². The molecule has 0 aliphatic carbocycles. The number of anilines is 1. The maximum Gasteiger partial charge on any atom is 0.267 e. The maximum absolute atomic E-state index is 12.0. The predicted molar refractivity (Wildman–Crippen MR) is 71.1 cm³/mol. The van der Waals surface area contributed by atoms with E-state index in [1.807, 2.05) is 25.1 Å². The SMILES string of the molecule is CCCNc1cc(C)ccc1C(=O)NN(C)C. The third kappa shape index (κ3) is 4.07. The molecule has 0 fully saturated rings. The van der Waals surface area contributed by atoms with Crippen LogP contribution in [0.3, 0.4) is 0 Å². The molecule has 94 valence electrons. The zero-order chi connectivity index (χ0) is 12.8. The number of hydrazine groups is 1. The second kappa shape index (κ2) is 6.25. The molecule has 2 N–H and O–H groups in total. The fraction of sp³-hybridized carbons (Fsp3) is 0.462. The standard InChI is InChI=1S/C13H21N3O/c1-5-8-14-12-9-10(2)6-7-11(12)13(17)15-16(3)4/h6-7,9,14H,5,8H2,1-4H3,(H,15,17). The highest BCUT2D eigenvalue weighted by atomic mass is 16.2. The van der Waals surface area contributed by atoms with Gasteiger partial charge in [0.15, 0.2) is 0 Å². The summed E-state index contributed by atoms with van der Waals surface area (Å²) in [5, 5.41) is 4.92. The van der Waals surface area contributed by atoms with Gasteiger partial charge in [-0.1, -0.05) is 13.0 Å². The van der Waals surface area contributed by atoms with Crippen LogP contribution in [0.5, 0.6) is 0 Å². The van der Waals surface area contributed by atoms with Crippen LogP contribution in [0.1, 0.15) is 29.3 Å². The molecule has 0 unspecified atom stereocenters. The topological polar surface area (TPSA) is 44.4 Å². The molecule has 0 aliphatic rings. The van der Waals surface area contributed by atoms with Crippen molar-refractivity contribution in [3.05, 3.63) is 29.3 Å². The van der Waals surface area contributed by atoms with Gasteiger partial charge in [0.1, 0.15) is 0 Å². The van der Waals surface area contributed by atoms with Crippen molar-refractivity contribution < 1.29 is 4.79 Å². The van der Waals surface area contributed by atoms with E-state index in [9.17, 15) is 4.79 Å². The number of rotatable bonds is 5. The molecule has 0 heterocycles. The van der Waals surface area contributed by atoms with Crippen LogP contribution in [-0.2, 0) is 0 Å². The summed E-state index contributed by atoms with van der Waals surface area (Å²) < 4.78 is 0. The normalized spacial score (nSPS) is 10.4. The Morgan fingerprint density at radius 2 is 2.06 bits per heavy atom. The number of hydrogen-bond donors (Lipinski definition) is 2. The van der Waals surface area contributed by atoms with Crippen LogP contribution in [0, 0.1) is 6.92 Å². The monoisotopic (exact) mass is 235 g/mol. The van der Waals surface area contributed by atoms with E-state index in [0.717, 1.165) is 24.2 Å². The third-order valence-corrected chi connectivity index (χ3v) is 2.31. The molecular formula is C13H21N3O. The number of carbonyl (C=O) groups excluding carboxylic acids is 1. The zero-order valence-corrected chi connectivity index (χ0v) is 11.0. The summed E-state index contributed by atoms with van der Waals surface area (Å²) in [5.74, 6) is -0.0893. The molecule has 1 aromatic rings. The Morgan fingerprint density at radius 1 is 1.35 bits per heavy atom. The summed E-state index contributed by atoms with van der Waals surface area (Å²) >= 11 is 0. The molecule has 0 spiro atoms. The van der Waals surface area contributed by atoms with E-state index in [0.29, 0.717) is 5.56 Å². The Labute approximate surface area is 103 Å². The molecule has 4 heteroatoms. The second-order valence-corrected chi connectivity index (χ2v) is 4.31. The average Bonchev–Trinajstić information content (AvgIpc) is 2.25. The van der Waals surface area contributed by atoms with Crippen LogP contribution >= 0.6 is 0 Å². The second-order valence-electron chi connectivity index (χ2n) is 4.31. The summed E-state index contributed by atoms with van der Waals surface area (Å²) in [5.41, 5.74) is 5.47. The molecule has 0 bridgehead atoms. The molecular weight excluding hydrogens is 214 g/mol. The van der Waals surface area contributed by atoms with E-state index >= 15 is 0 Å². The Bertz CT molecular complexity index is 388. The number of benzene rings is 1. The lowest BCUT2D eigenvalue weighted by molar-refractivity contribution is 0.0858. The number of amides is 1. The molecule has 0 saturated heterocycles. The van der Waals surface area contributed by atoms with Crippen LogP contribution in [0.4, 0.5) is 5.69 Å². The van der Waals surface area contributed by atoms with E-state index in [4.69, 9.17) is 0 Å². The van der Waals surface area contributed by atoms with Crippen molar-refractivity contribution in [2.24, 2.45) is 0 Å². The van der Waals surface area contributed by atoms with Crippen LogP contribution in [-0.4, -0.2) is 31.6 Å². The largest absolute Gasteiger partial charge is 0.384 e. The molecule has 0 radical (unpaired) electrons. The van der Waals surface area contributed by atoms with Gasteiger partial charge in [-0.25, -0.2) is 5.01 Å². The van der Waals surface area contributed by atoms with Crippen LogP contribution in [0.15, 0.2) is 18.2 Å². The van der Waals surface area contributed by atoms with Crippen molar-refractivity contribution >= 4 is 11.6 Å². The van der Waals surface area contributed by atoms with Gasteiger partial charge in [0.2, 0.25) is 0 Å². The quantitative estimate of drug-likeness (QED) is 0.767. The van der Waals surface area contributed by atoms with Gasteiger partial charge in [-0.15, -0.1) is 0 Å². The molecule has 0 atom stereocenters. The Morgan fingerprint density at radius 3 is 2.65 bits per heavy atom. The predicted octanol–water partition coefficient (Wildman–Crippen LogP) is 2.02. The van der Waals surface area contributed by atoms with E-state index in [1.54, 1.807) is 19.1 Å². The molecule has 0 aromatic heterocycles. The minimum atomic E-state index is -0.0893. The first-order valence-corrected chi connectivity index (χ1v) is 5.87. The van der Waals surface area contributed by atoms with E-state index in [2.05, 4.69) is 17.7 Å². The first-order valence-electron chi connectivity index (χ1n) is 5.87. The van der Waals surface area contributed by atoms with Crippen LogP contribution in [0.2, 0.25) is 0 Å². The number of nitrogens with one attached hydrogen (secondary N) is 2. The summed E-state index contributed by atoms with van der Waals surface area (Å²) in [6.45, 7) is 4.98. The Balaban J connectivity index is 2.92. The summed E-state index contributed by atoms with van der Waals surface area (Å²) in [4.78, 5) is 12.0. The zero-order valence-electron chi connectivity index (χ0n) is 11.0. The maximum atomic E-state index is 12.0. The van der Waals surface area contributed by atoms with Crippen molar-refractivity contribution in [2.45, 2.75) is 20.3 Å². The fourth-order valence-electron chi connectivity index (χ4n) is 1.53. The van der Waals surface area contributed by atoms with Crippen molar-refractivity contribution in [3.63, 3.8) is 0 Å². The van der Waals surface area contributed by atoms with Crippen molar-refractivity contribution in [1.29, 1.82) is 0 Å². The summed E-state index contributed by atoms with van der Waals surface area (Å²) in [6.07, 6.45) is 1.03. The lowest BCUT2D eigenvalue weighted by atomic mass is 10.1. The molecule has 0 aliphatic heterocycles. The van der Waals surface area contributed by atoms with Gasteiger partial charge in [0.05, 0.1) is 5.56 Å². The van der Waals surface area contributed by atoms with Crippen molar-refractivity contribution in [3.8, 4) is 0 Å². The number of carbonyl (C=O) groups is 1. The van der Waals surface area contributed by atoms with Crippen LogP contribution in [0.25, 0.3) is 0 Å². The lowest BCUT2D eigenvalue weighted by Gasteiger charge is -2.15. The van der Waals surface area contributed by atoms with E-state index in [1.165, 1.54) is 0 Å². The smallest absolute Gasteiger partial charge is 0.267 e. The fourth-order valence-corrected chi connectivity index (χ4v) is 1.53. The van der Waals surface area contributed by atoms with Gasteiger partial charge in [-0.2, -0.15) is 0 Å². The number of nitrogens with zero attached hydrogens (tertiary/aromatic N) is 1. The Kier molecular flexibility index (Phi) is 4.97. The minimum absolute atomic E-state index is 0.0893. The van der Waals surface area contributed by atoms with Gasteiger partial charge in [0.25, 0.3) is 5.91 Å². The average molecular weight is 235 g/mol. The molecule has 1 aromatic carbocycles. The summed E-state index contributed by atoms with van der Waals surface area (Å²) in [6, 6.07) is 5.80. The lowest BCUT2D eigenvalue weighted by Crippen LogP contribution is -2.36. The first-order chi connectivity index (χ1) is 8.04. The highest BCUT2D eigenvalue weighted by Crippen LogP contribution is 2.17. The van der Waals surface area contributed by atoms with Gasteiger partial charge in [0, 0.05) is 26.3 Å². The summed E-state index contributed by atoms with van der Waals surface area (Å²) in [7, 11) is 3.59. The molecule has 1 rings (SSSR count). The highest BCUT2D eigenvalue weighted by Gasteiger charge is 2.11. The van der Waals surface area contributed by atoms with E-state index in [-0.39, 0.29) is 5.91 Å². The van der Waals surface area contributed by atoms with Gasteiger partial charge >= 0.3 is 0 Å². The van der Waals surface area contributed by atoms with Crippen LogP contribution < -0.4 is 10.7 Å². The van der Waals surface area contributed by atoms with Crippen molar-refractivity contribution in [1.82, 2.24) is 10.4 Å². The molecule has 1 amide bonds. The van der Waals surface area contributed by atoms with Gasteiger partial charge in [-0.05, 0) is 31.0 Å². The number of hydrogen-bond acceptors (Lipinski definition) is 3. The van der Waals surface area contributed by atoms with Crippen molar-refractivity contribution in [2.75, 3.05) is 26.0 Å². The molecule has 0 saturated carbocycles. The highest BCUT2D eigenvalue weighted by molar-refractivity contribution is 5.99. The van der Waals surface area contributed by atoms with E-state index < -0.39 is 0 Å². The first kappa shape index (κ1) is 13.5.